The zero-order valence-electron chi connectivity index (χ0n) is 39.1. The predicted molar refractivity (Wildman–Crippen MR) is 278 cm³/mol. The van der Waals surface area contributed by atoms with Crippen molar-refractivity contribution >= 4 is 40.3 Å². The quantitative estimate of drug-likeness (QED) is 0.0607. The first kappa shape index (κ1) is 51.7. The molecule has 6 aromatic carbocycles. The monoisotopic (exact) mass is 980 g/mol. The van der Waals surface area contributed by atoms with E-state index in [1.54, 1.807) is 12.1 Å². The Labute approximate surface area is 416 Å². The maximum Gasteiger partial charge on any atom is 0.412 e. The summed E-state index contributed by atoms with van der Waals surface area (Å²) in [6.45, 7) is 9.16. The van der Waals surface area contributed by atoms with Gasteiger partial charge in [0.05, 0.1) is 25.4 Å². The summed E-state index contributed by atoms with van der Waals surface area (Å²) < 4.78 is 52.0. The van der Waals surface area contributed by atoms with E-state index in [0.717, 1.165) is 101 Å². The molecule has 0 aromatic heterocycles. The van der Waals surface area contributed by atoms with E-state index in [1.807, 2.05) is 36.4 Å². The minimum Gasteiger partial charge on any atom is -0.385 e. The molecule has 0 amide bonds. The summed E-state index contributed by atoms with van der Waals surface area (Å²) in [5, 5.41) is 20.8. The molecule has 0 aliphatic carbocycles. The number of ether oxygens (including phenoxy) is 2. The number of halogens is 5. The topological polar surface area (TPSA) is 90.6 Å². The molecule has 366 valence electrons. The van der Waals surface area contributed by atoms with Gasteiger partial charge in [0.15, 0.2) is 0 Å². The van der Waals surface area contributed by atoms with Crippen molar-refractivity contribution in [3.63, 3.8) is 0 Å². The Bertz CT molecular complexity index is 2340. The number of nitrogens with one attached hydrogen (secondary N) is 6. The SMILES string of the molecule is Clc1ccc(CNc2ccc(C3CNCCO3)cc2)cc1.FC(F)(F)C(Nc1ccc(CCC2CCCNC2)cc1)c1ccc(Cl)cc1.c1ccc(CCNc2ccc([C@H]3CNCCO3)cc2)cc1. The van der Waals surface area contributed by atoms with Crippen molar-refractivity contribution in [2.24, 2.45) is 5.92 Å². The lowest BCUT2D eigenvalue weighted by atomic mass is 9.93. The molecular weight excluding hydrogens is 917 g/mol. The van der Waals surface area contributed by atoms with Crippen LogP contribution >= 0.6 is 23.2 Å². The van der Waals surface area contributed by atoms with Crippen molar-refractivity contribution in [2.75, 3.05) is 75.0 Å². The lowest BCUT2D eigenvalue weighted by molar-refractivity contribution is -0.144. The van der Waals surface area contributed by atoms with E-state index in [0.29, 0.717) is 16.6 Å². The standard InChI is InChI=1S/C21H24ClF3N2.C18H22N2O.C17H19ClN2O/c22-18-9-7-17(8-10-18)20(21(23,24)25)27-19-11-5-15(6-12-19)3-4-16-2-1-13-26-14-16;1-2-4-15(5-3-1)10-11-20-17-8-6-16(7-9-17)18-14-19-12-13-21-18;18-15-5-1-13(2-6-15)11-20-16-7-3-14(4-8-16)17-12-19-9-10-21-17/h5-12,16,20,26-27H,1-4,13-14H2;1-9,18-20H,10-14H2;1-8,17,19-20H,9-12H2/t;18-;/m.1./s1. The molecule has 0 radical (unpaired) electrons. The number of hydrogen-bond donors (Lipinski definition) is 6. The van der Waals surface area contributed by atoms with Gasteiger partial charge in [0.2, 0.25) is 0 Å². The van der Waals surface area contributed by atoms with Crippen molar-refractivity contribution in [2.45, 2.75) is 63.1 Å². The fraction of sp³-hybridized carbons (Fsp3) is 0.357. The van der Waals surface area contributed by atoms with Crippen molar-refractivity contribution in [3.05, 3.63) is 195 Å². The highest BCUT2D eigenvalue weighted by Crippen LogP contribution is 2.36. The maximum atomic E-state index is 13.5. The average molecular weight is 982 g/mol. The van der Waals surface area contributed by atoms with Crippen molar-refractivity contribution in [3.8, 4) is 0 Å². The van der Waals surface area contributed by atoms with Crippen molar-refractivity contribution < 1.29 is 22.6 Å². The number of morpholine rings is 2. The van der Waals surface area contributed by atoms with Crippen LogP contribution in [-0.2, 0) is 28.9 Å². The summed E-state index contributed by atoms with van der Waals surface area (Å²) in [5.41, 5.74) is 9.06. The van der Waals surface area contributed by atoms with E-state index < -0.39 is 12.2 Å². The number of alkyl halides is 3. The molecule has 0 spiro atoms. The highest BCUT2D eigenvalue weighted by molar-refractivity contribution is 6.30. The van der Waals surface area contributed by atoms with E-state index in [9.17, 15) is 13.2 Å². The van der Waals surface area contributed by atoms with E-state index in [4.69, 9.17) is 32.7 Å². The van der Waals surface area contributed by atoms with Gasteiger partial charge in [0.1, 0.15) is 6.04 Å². The summed E-state index contributed by atoms with van der Waals surface area (Å²) in [6, 6.07) is 46.7. The molecule has 3 fully saturated rings. The first-order valence-electron chi connectivity index (χ1n) is 24.1. The van der Waals surface area contributed by atoms with Crippen LogP contribution in [0, 0.1) is 5.92 Å². The first-order chi connectivity index (χ1) is 33.6. The largest absolute Gasteiger partial charge is 0.412 e. The fourth-order valence-electron chi connectivity index (χ4n) is 8.48. The minimum absolute atomic E-state index is 0.140. The van der Waals surface area contributed by atoms with E-state index >= 15 is 0 Å². The Morgan fingerprint density at radius 1 is 0.551 bits per heavy atom. The Balaban J connectivity index is 0.000000155. The van der Waals surface area contributed by atoms with Crippen LogP contribution in [-0.4, -0.2) is 65.2 Å². The molecule has 3 saturated heterocycles. The lowest BCUT2D eigenvalue weighted by Gasteiger charge is -2.24. The highest BCUT2D eigenvalue weighted by Gasteiger charge is 2.41. The van der Waals surface area contributed by atoms with Crippen LogP contribution in [0.1, 0.15) is 70.9 Å². The third kappa shape index (κ3) is 17.7. The normalized spacial score (nSPS) is 18.6. The van der Waals surface area contributed by atoms with Crippen molar-refractivity contribution in [1.29, 1.82) is 0 Å². The Morgan fingerprint density at radius 2 is 1.07 bits per heavy atom. The summed E-state index contributed by atoms with van der Waals surface area (Å²) in [7, 11) is 0. The minimum atomic E-state index is -4.40. The summed E-state index contributed by atoms with van der Waals surface area (Å²) in [4.78, 5) is 0. The molecular formula is C56H65Cl2F3N6O2. The second kappa shape index (κ2) is 27.3. The van der Waals surface area contributed by atoms with Crippen LogP contribution in [0.25, 0.3) is 0 Å². The first-order valence-corrected chi connectivity index (χ1v) is 24.9. The number of piperidine rings is 1. The molecule has 4 atom stereocenters. The lowest BCUT2D eigenvalue weighted by Crippen LogP contribution is -2.33. The Kier molecular flexibility index (Phi) is 20.5. The molecule has 0 bridgehead atoms. The van der Waals surface area contributed by atoms with Gasteiger partial charge in [-0.25, -0.2) is 0 Å². The van der Waals surface area contributed by atoms with E-state index in [2.05, 4.69) is 111 Å². The Morgan fingerprint density at radius 3 is 1.61 bits per heavy atom. The van der Waals surface area contributed by atoms with Gasteiger partial charge in [-0.2, -0.15) is 13.2 Å². The summed E-state index contributed by atoms with van der Waals surface area (Å²) in [6.07, 6.45) is 1.53. The molecule has 6 N–H and O–H groups in total. The molecule has 3 aliphatic rings. The van der Waals surface area contributed by atoms with Crippen LogP contribution in [0.5, 0.6) is 0 Å². The molecule has 3 unspecified atom stereocenters. The zero-order chi connectivity index (χ0) is 48.1. The molecule has 9 rings (SSSR count). The fourth-order valence-corrected chi connectivity index (χ4v) is 8.73. The van der Waals surface area contributed by atoms with E-state index in [-0.39, 0.29) is 17.8 Å². The van der Waals surface area contributed by atoms with Gasteiger partial charge in [-0.05, 0) is 145 Å². The number of aryl methyl sites for hydroxylation is 1. The Hall–Kier alpha value is -5.11. The second-order valence-electron chi connectivity index (χ2n) is 17.6. The molecule has 0 saturated carbocycles. The van der Waals surface area contributed by atoms with Gasteiger partial charge in [-0.15, -0.1) is 0 Å². The maximum absolute atomic E-state index is 13.5. The number of anilines is 3. The van der Waals surface area contributed by atoms with Crippen LogP contribution in [0.3, 0.4) is 0 Å². The van der Waals surface area contributed by atoms with Gasteiger partial charge in [-0.3, -0.25) is 0 Å². The average Bonchev–Trinajstić information content (AvgIpc) is 3.39. The van der Waals surface area contributed by atoms with Gasteiger partial charge in [0.25, 0.3) is 0 Å². The van der Waals surface area contributed by atoms with Crippen LogP contribution < -0.4 is 31.9 Å². The molecule has 3 heterocycles. The van der Waals surface area contributed by atoms with Gasteiger partial charge in [-0.1, -0.05) is 114 Å². The third-order valence-electron chi connectivity index (χ3n) is 12.5. The van der Waals surface area contributed by atoms with Crippen LogP contribution in [0.15, 0.2) is 152 Å². The van der Waals surface area contributed by atoms with Crippen LogP contribution in [0.2, 0.25) is 10.0 Å². The van der Waals surface area contributed by atoms with Crippen LogP contribution in [0.4, 0.5) is 30.2 Å². The number of hydrogen-bond acceptors (Lipinski definition) is 8. The second-order valence-corrected chi connectivity index (χ2v) is 18.5. The molecule has 69 heavy (non-hydrogen) atoms. The highest BCUT2D eigenvalue weighted by atomic mass is 35.5. The molecule has 8 nitrogen and oxygen atoms in total. The summed E-state index contributed by atoms with van der Waals surface area (Å²) >= 11 is 11.7. The zero-order valence-corrected chi connectivity index (χ0v) is 40.6. The van der Waals surface area contributed by atoms with Gasteiger partial charge < -0.3 is 41.4 Å². The molecule has 3 aliphatic heterocycles. The van der Waals surface area contributed by atoms with Gasteiger partial charge >= 0.3 is 6.18 Å². The number of benzene rings is 6. The van der Waals surface area contributed by atoms with Gasteiger partial charge in [0, 0.05) is 66.4 Å². The van der Waals surface area contributed by atoms with Crippen molar-refractivity contribution in [1.82, 2.24) is 16.0 Å². The third-order valence-corrected chi connectivity index (χ3v) is 13.0. The molecule has 13 heteroatoms. The smallest absolute Gasteiger partial charge is 0.385 e. The summed E-state index contributed by atoms with van der Waals surface area (Å²) in [5.74, 6) is 0.691. The predicted octanol–water partition coefficient (Wildman–Crippen LogP) is 12.6. The number of rotatable bonds is 15. The van der Waals surface area contributed by atoms with E-state index in [1.165, 1.54) is 65.0 Å². The molecule has 6 aromatic rings.